The molecule has 0 aliphatic carbocycles. The van der Waals surface area contributed by atoms with Gasteiger partial charge in [0.25, 0.3) is 5.91 Å². The van der Waals surface area contributed by atoms with Gasteiger partial charge in [-0.1, -0.05) is 0 Å². The van der Waals surface area contributed by atoms with Gasteiger partial charge in [-0.25, -0.2) is 0 Å². The lowest BCUT2D eigenvalue weighted by molar-refractivity contribution is -0.146. The lowest BCUT2D eigenvalue weighted by Crippen LogP contribution is -2.52. The molecule has 1 atom stereocenters. The Morgan fingerprint density at radius 3 is 2.45 bits per heavy atom. The molecule has 0 N–H and O–H groups in total. The van der Waals surface area contributed by atoms with Crippen molar-refractivity contribution >= 4 is 11.6 Å². The van der Waals surface area contributed by atoms with Crippen LogP contribution in [0, 0.1) is 0 Å². The van der Waals surface area contributed by atoms with Crippen LogP contribution in [-0.4, -0.2) is 56.8 Å². The maximum Gasteiger partial charge on any atom is 0.251 e. The van der Waals surface area contributed by atoms with Crippen molar-refractivity contribution in [1.29, 1.82) is 0 Å². The molecule has 3 rings (SSSR count). The molecule has 1 aromatic carbocycles. The lowest BCUT2D eigenvalue weighted by atomic mass is 10.1. The summed E-state index contributed by atoms with van der Waals surface area (Å²) in [5, 5.41) is 0. The van der Waals surface area contributed by atoms with E-state index in [0.29, 0.717) is 0 Å². The summed E-state index contributed by atoms with van der Waals surface area (Å²) >= 11 is 0. The zero-order valence-corrected chi connectivity index (χ0v) is 13.2. The van der Waals surface area contributed by atoms with Crippen molar-refractivity contribution in [2.75, 3.05) is 44.8 Å². The average Bonchev–Trinajstić information content (AvgIpc) is 2.62. The van der Waals surface area contributed by atoms with E-state index in [4.69, 9.17) is 9.47 Å². The molecular weight excluding hydrogens is 280 g/mol. The summed E-state index contributed by atoms with van der Waals surface area (Å²) < 4.78 is 10.8. The number of rotatable bonds is 3. The van der Waals surface area contributed by atoms with Crippen LogP contribution in [0.25, 0.3) is 0 Å². The van der Waals surface area contributed by atoms with E-state index in [9.17, 15) is 4.79 Å². The van der Waals surface area contributed by atoms with Crippen molar-refractivity contribution in [3.8, 4) is 5.75 Å². The number of methoxy groups -OCH3 is 1. The van der Waals surface area contributed by atoms with Crippen LogP contribution < -0.4 is 9.64 Å². The van der Waals surface area contributed by atoms with E-state index >= 15 is 0 Å². The van der Waals surface area contributed by atoms with Crippen molar-refractivity contribution in [1.82, 2.24) is 4.90 Å². The molecule has 2 saturated heterocycles. The molecule has 5 nitrogen and oxygen atoms in total. The SMILES string of the molecule is COc1ccc(N2CCN(C(=O)C3CCCCO3)CC2)cc1. The normalized spacial score (nSPS) is 22.5. The molecule has 2 aliphatic heterocycles. The van der Waals surface area contributed by atoms with Crippen LogP contribution in [-0.2, 0) is 9.53 Å². The number of hydrogen-bond acceptors (Lipinski definition) is 4. The topological polar surface area (TPSA) is 42.0 Å². The molecule has 0 spiro atoms. The summed E-state index contributed by atoms with van der Waals surface area (Å²) in [4.78, 5) is 16.7. The van der Waals surface area contributed by atoms with Crippen molar-refractivity contribution in [2.24, 2.45) is 0 Å². The van der Waals surface area contributed by atoms with Gasteiger partial charge in [-0.05, 0) is 43.5 Å². The van der Waals surface area contributed by atoms with E-state index in [1.165, 1.54) is 5.69 Å². The minimum atomic E-state index is -0.207. The van der Waals surface area contributed by atoms with Crippen molar-refractivity contribution in [3.05, 3.63) is 24.3 Å². The summed E-state index contributed by atoms with van der Waals surface area (Å²) in [5.41, 5.74) is 1.18. The second-order valence-corrected chi connectivity index (χ2v) is 5.87. The van der Waals surface area contributed by atoms with Gasteiger partial charge in [0.2, 0.25) is 0 Å². The largest absolute Gasteiger partial charge is 0.497 e. The molecule has 0 aromatic heterocycles. The van der Waals surface area contributed by atoms with Crippen LogP contribution in [0.1, 0.15) is 19.3 Å². The molecule has 1 amide bonds. The molecule has 1 unspecified atom stereocenters. The number of hydrogen-bond donors (Lipinski definition) is 0. The highest BCUT2D eigenvalue weighted by molar-refractivity contribution is 5.81. The predicted octanol–water partition coefficient (Wildman–Crippen LogP) is 1.91. The predicted molar refractivity (Wildman–Crippen MR) is 85.4 cm³/mol. The van der Waals surface area contributed by atoms with Crippen LogP contribution in [0.15, 0.2) is 24.3 Å². The van der Waals surface area contributed by atoms with Crippen LogP contribution in [0.2, 0.25) is 0 Å². The van der Waals surface area contributed by atoms with Gasteiger partial charge >= 0.3 is 0 Å². The van der Waals surface area contributed by atoms with Gasteiger partial charge in [-0.15, -0.1) is 0 Å². The van der Waals surface area contributed by atoms with E-state index in [1.807, 2.05) is 17.0 Å². The second kappa shape index (κ2) is 7.01. The van der Waals surface area contributed by atoms with Gasteiger partial charge in [0.15, 0.2) is 0 Å². The first-order chi connectivity index (χ1) is 10.8. The molecule has 1 aromatic rings. The highest BCUT2D eigenvalue weighted by Crippen LogP contribution is 2.21. The van der Waals surface area contributed by atoms with Gasteiger partial charge < -0.3 is 19.3 Å². The monoisotopic (exact) mass is 304 g/mol. The molecule has 0 radical (unpaired) electrons. The number of carbonyl (C=O) groups is 1. The average molecular weight is 304 g/mol. The van der Waals surface area contributed by atoms with E-state index in [-0.39, 0.29) is 12.0 Å². The molecule has 0 saturated carbocycles. The number of piperazine rings is 1. The van der Waals surface area contributed by atoms with Crippen LogP contribution in [0.5, 0.6) is 5.75 Å². The zero-order valence-electron chi connectivity index (χ0n) is 13.2. The summed E-state index contributed by atoms with van der Waals surface area (Å²) in [6.45, 7) is 3.99. The third-order valence-electron chi connectivity index (χ3n) is 4.48. The van der Waals surface area contributed by atoms with E-state index in [0.717, 1.165) is 57.8 Å². The first-order valence-corrected chi connectivity index (χ1v) is 8.07. The summed E-state index contributed by atoms with van der Waals surface area (Å²) in [5.74, 6) is 1.04. The Morgan fingerprint density at radius 1 is 1.14 bits per heavy atom. The molecule has 0 bridgehead atoms. The second-order valence-electron chi connectivity index (χ2n) is 5.87. The van der Waals surface area contributed by atoms with Gasteiger partial charge in [0.1, 0.15) is 11.9 Å². The fourth-order valence-corrected chi connectivity index (χ4v) is 3.12. The third-order valence-corrected chi connectivity index (χ3v) is 4.48. The first-order valence-electron chi connectivity index (χ1n) is 8.07. The molecule has 2 aliphatic rings. The zero-order chi connectivity index (χ0) is 15.4. The smallest absolute Gasteiger partial charge is 0.251 e. The molecule has 2 fully saturated rings. The Morgan fingerprint density at radius 2 is 1.86 bits per heavy atom. The number of ether oxygens (including phenoxy) is 2. The van der Waals surface area contributed by atoms with E-state index < -0.39 is 0 Å². The van der Waals surface area contributed by atoms with Crippen molar-refractivity contribution in [2.45, 2.75) is 25.4 Å². The molecule has 2 heterocycles. The molecule has 5 heteroatoms. The van der Waals surface area contributed by atoms with Crippen molar-refractivity contribution in [3.63, 3.8) is 0 Å². The fraction of sp³-hybridized carbons (Fsp3) is 0.588. The number of anilines is 1. The Balaban J connectivity index is 1.54. The van der Waals surface area contributed by atoms with E-state index in [2.05, 4.69) is 17.0 Å². The van der Waals surface area contributed by atoms with Crippen LogP contribution in [0.3, 0.4) is 0 Å². The lowest BCUT2D eigenvalue weighted by Gasteiger charge is -2.38. The minimum absolute atomic E-state index is 0.175. The molecular formula is C17H24N2O3. The number of benzene rings is 1. The van der Waals surface area contributed by atoms with Gasteiger partial charge in [-0.2, -0.15) is 0 Å². The number of carbonyl (C=O) groups excluding carboxylic acids is 1. The quantitative estimate of drug-likeness (QED) is 0.855. The van der Waals surface area contributed by atoms with Gasteiger partial charge in [0.05, 0.1) is 7.11 Å². The summed E-state index contributed by atoms with van der Waals surface area (Å²) in [6.07, 6.45) is 2.84. The third kappa shape index (κ3) is 3.35. The van der Waals surface area contributed by atoms with Crippen LogP contribution in [0.4, 0.5) is 5.69 Å². The molecule has 22 heavy (non-hydrogen) atoms. The summed E-state index contributed by atoms with van der Waals surface area (Å²) in [6, 6.07) is 8.09. The first kappa shape index (κ1) is 15.2. The van der Waals surface area contributed by atoms with Gasteiger partial charge in [-0.3, -0.25) is 4.79 Å². The Labute approximate surface area is 131 Å². The molecule has 120 valence electrons. The maximum absolute atomic E-state index is 12.4. The number of amides is 1. The van der Waals surface area contributed by atoms with Crippen molar-refractivity contribution < 1.29 is 14.3 Å². The minimum Gasteiger partial charge on any atom is -0.497 e. The van der Waals surface area contributed by atoms with E-state index in [1.54, 1.807) is 7.11 Å². The number of nitrogens with zero attached hydrogens (tertiary/aromatic N) is 2. The Bertz CT molecular complexity index is 489. The highest BCUT2D eigenvalue weighted by atomic mass is 16.5. The Kier molecular flexibility index (Phi) is 4.83. The highest BCUT2D eigenvalue weighted by Gasteiger charge is 2.29. The van der Waals surface area contributed by atoms with Gasteiger partial charge in [0, 0.05) is 38.5 Å². The standard InChI is InChI=1S/C17H24N2O3/c1-21-15-7-5-14(6-8-15)18-9-11-19(12-10-18)17(20)16-4-2-3-13-22-16/h5-8,16H,2-4,9-13H2,1H3. The van der Waals surface area contributed by atoms with Crippen LogP contribution >= 0.6 is 0 Å². The summed E-state index contributed by atoms with van der Waals surface area (Å²) in [7, 11) is 1.67. The maximum atomic E-state index is 12.4. The fourth-order valence-electron chi connectivity index (χ4n) is 3.12. The Hall–Kier alpha value is -1.75.